The predicted octanol–water partition coefficient (Wildman–Crippen LogP) is 5.69. The molecule has 2 fully saturated rings. The second-order valence-electron chi connectivity index (χ2n) is 7.03. The van der Waals surface area contributed by atoms with Crippen LogP contribution in [0.15, 0.2) is 18.2 Å². The van der Waals surface area contributed by atoms with Gasteiger partial charge in [0.05, 0.1) is 5.69 Å². The number of halogens is 1. The van der Waals surface area contributed by atoms with Crippen LogP contribution in [-0.4, -0.2) is 6.04 Å². The van der Waals surface area contributed by atoms with E-state index in [0.717, 1.165) is 23.1 Å². The third kappa shape index (κ3) is 3.41. The summed E-state index contributed by atoms with van der Waals surface area (Å²) < 4.78 is 14.1. The number of para-hydroxylation sites is 1. The molecule has 0 radical (unpaired) electrons. The predicted molar refractivity (Wildman–Crippen MR) is 87.1 cm³/mol. The molecule has 21 heavy (non-hydrogen) atoms. The second-order valence-corrected chi connectivity index (χ2v) is 7.03. The van der Waals surface area contributed by atoms with Crippen molar-refractivity contribution in [2.45, 2.75) is 70.8 Å². The van der Waals surface area contributed by atoms with E-state index in [1.54, 1.807) is 12.1 Å². The molecule has 0 spiro atoms. The second kappa shape index (κ2) is 6.81. The largest absolute Gasteiger partial charge is 0.379 e. The van der Waals surface area contributed by atoms with Gasteiger partial charge in [-0.3, -0.25) is 0 Å². The Hall–Kier alpha value is -1.05. The molecule has 1 nitrogen and oxygen atoms in total. The lowest BCUT2D eigenvalue weighted by molar-refractivity contribution is 0.180. The zero-order valence-corrected chi connectivity index (χ0v) is 13.2. The number of nitrogens with one attached hydrogen (secondary N) is 1. The fourth-order valence-electron chi connectivity index (χ4n) is 4.47. The highest BCUT2D eigenvalue weighted by atomic mass is 19.1. The Morgan fingerprint density at radius 1 is 0.952 bits per heavy atom. The van der Waals surface area contributed by atoms with Gasteiger partial charge in [0.2, 0.25) is 0 Å². The number of hydrogen-bond donors (Lipinski definition) is 1. The molecule has 2 aliphatic carbocycles. The molecule has 0 aliphatic heterocycles. The topological polar surface area (TPSA) is 12.0 Å². The van der Waals surface area contributed by atoms with Gasteiger partial charge in [-0.2, -0.15) is 0 Å². The van der Waals surface area contributed by atoms with E-state index < -0.39 is 0 Å². The molecule has 2 aliphatic rings. The van der Waals surface area contributed by atoms with E-state index in [4.69, 9.17) is 0 Å². The number of hydrogen-bond acceptors (Lipinski definition) is 1. The molecule has 0 bridgehead atoms. The summed E-state index contributed by atoms with van der Waals surface area (Å²) >= 11 is 0. The molecule has 2 heteroatoms. The van der Waals surface area contributed by atoms with Crippen LogP contribution in [0.5, 0.6) is 0 Å². The van der Waals surface area contributed by atoms with Crippen molar-refractivity contribution in [3.8, 4) is 0 Å². The zero-order chi connectivity index (χ0) is 14.7. The monoisotopic (exact) mass is 289 g/mol. The lowest BCUT2D eigenvalue weighted by Crippen LogP contribution is -2.38. The number of rotatable bonds is 3. The quantitative estimate of drug-likeness (QED) is 0.754. The van der Waals surface area contributed by atoms with E-state index in [9.17, 15) is 4.39 Å². The van der Waals surface area contributed by atoms with Crippen molar-refractivity contribution in [1.29, 1.82) is 0 Å². The molecular weight excluding hydrogens is 261 g/mol. The van der Waals surface area contributed by atoms with Crippen LogP contribution in [-0.2, 0) is 0 Å². The van der Waals surface area contributed by atoms with Gasteiger partial charge in [-0.25, -0.2) is 4.39 Å². The summed E-state index contributed by atoms with van der Waals surface area (Å²) in [4.78, 5) is 0. The summed E-state index contributed by atoms with van der Waals surface area (Å²) in [6.45, 7) is 2.00. The molecule has 0 heterocycles. The number of aryl methyl sites for hydroxylation is 1. The normalized spacial score (nSPS) is 27.5. The first kappa shape index (κ1) is 14.9. The summed E-state index contributed by atoms with van der Waals surface area (Å²) in [6.07, 6.45) is 12.2. The summed E-state index contributed by atoms with van der Waals surface area (Å²) in [7, 11) is 0. The first-order chi connectivity index (χ1) is 10.3. The average molecular weight is 289 g/mol. The van der Waals surface area contributed by atoms with Crippen molar-refractivity contribution < 1.29 is 4.39 Å². The van der Waals surface area contributed by atoms with Crippen molar-refractivity contribution in [3.63, 3.8) is 0 Å². The Bertz CT molecular complexity index is 444. The molecular formula is C19H28FN. The molecule has 2 saturated carbocycles. The van der Waals surface area contributed by atoms with Crippen molar-refractivity contribution in [3.05, 3.63) is 29.6 Å². The molecule has 0 amide bonds. The summed E-state index contributed by atoms with van der Waals surface area (Å²) in [5.74, 6) is 1.52. The van der Waals surface area contributed by atoms with Gasteiger partial charge >= 0.3 is 0 Å². The van der Waals surface area contributed by atoms with Gasteiger partial charge in [-0.05, 0) is 43.2 Å². The Kier molecular flexibility index (Phi) is 4.82. The Morgan fingerprint density at radius 2 is 1.67 bits per heavy atom. The van der Waals surface area contributed by atoms with Gasteiger partial charge in [0.1, 0.15) is 5.82 Å². The molecule has 0 saturated heterocycles. The Labute approximate surface area is 128 Å². The Morgan fingerprint density at radius 3 is 2.43 bits per heavy atom. The van der Waals surface area contributed by atoms with E-state index in [0.29, 0.717) is 6.04 Å². The average Bonchev–Trinajstić information content (AvgIpc) is 2.52. The first-order valence-electron chi connectivity index (χ1n) is 8.77. The third-order valence-corrected chi connectivity index (χ3v) is 5.63. The molecule has 1 N–H and O–H groups in total. The van der Waals surface area contributed by atoms with Crippen LogP contribution in [0.2, 0.25) is 0 Å². The van der Waals surface area contributed by atoms with Crippen LogP contribution in [0, 0.1) is 24.6 Å². The van der Waals surface area contributed by atoms with Crippen LogP contribution in [0.3, 0.4) is 0 Å². The highest BCUT2D eigenvalue weighted by molar-refractivity contribution is 5.52. The lowest BCUT2D eigenvalue weighted by Gasteiger charge is -2.40. The van der Waals surface area contributed by atoms with E-state index in [-0.39, 0.29) is 5.82 Å². The molecule has 116 valence electrons. The van der Waals surface area contributed by atoms with Gasteiger partial charge in [0.15, 0.2) is 0 Å². The molecule has 2 atom stereocenters. The number of anilines is 1. The highest BCUT2D eigenvalue weighted by Crippen LogP contribution is 2.40. The van der Waals surface area contributed by atoms with E-state index in [2.05, 4.69) is 5.32 Å². The zero-order valence-electron chi connectivity index (χ0n) is 13.2. The van der Waals surface area contributed by atoms with Crippen LogP contribution in [0.4, 0.5) is 10.1 Å². The fourth-order valence-corrected chi connectivity index (χ4v) is 4.47. The third-order valence-electron chi connectivity index (χ3n) is 5.63. The van der Waals surface area contributed by atoms with Gasteiger partial charge in [-0.15, -0.1) is 0 Å². The summed E-state index contributed by atoms with van der Waals surface area (Å²) in [6, 6.07) is 5.85. The van der Waals surface area contributed by atoms with E-state index >= 15 is 0 Å². The summed E-state index contributed by atoms with van der Waals surface area (Å²) in [5, 5.41) is 3.59. The molecule has 1 aromatic carbocycles. The fraction of sp³-hybridized carbons (Fsp3) is 0.684. The van der Waals surface area contributed by atoms with Crippen LogP contribution < -0.4 is 5.32 Å². The SMILES string of the molecule is Cc1cccc(F)c1NC1CCCCC1C1CCCCC1. The minimum atomic E-state index is -0.0945. The maximum absolute atomic E-state index is 14.1. The van der Waals surface area contributed by atoms with E-state index in [1.807, 2.05) is 13.0 Å². The number of benzene rings is 1. The molecule has 1 aromatic rings. The van der Waals surface area contributed by atoms with Crippen molar-refractivity contribution in [2.75, 3.05) is 5.32 Å². The van der Waals surface area contributed by atoms with Gasteiger partial charge in [0, 0.05) is 6.04 Å². The molecule has 3 rings (SSSR count). The Balaban J connectivity index is 1.74. The summed E-state index contributed by atoms with van der Waals surface area (Å²) in [5.41, 5.74) is 1.77. The standard InChI is InChI=1S/C19H28FN/c1-14-8-7-12-17(20)19(14)21-18-13-6-5-11-16(18)15-9-3-2-4-10-15/h7-8,12,15-16,18,21H,2-6,9-11,13H2,1H3. The lowest BCUT2D eigenvalue weighted by atomic mass is 9.71. The van der Waals surface area contributed by atoms with Crippen LogP contribution in [0.1, 0.15) is 63.4 Å². The van der Waals surface area contributed by atoms with Crippen molar-refractivity contribution >= 4 is 5.69 Å². The van der Waals surface area contributed by atoms with Crippen molar-refractivity contribution in [1.82, 2.24) is 0 Å². The molecule has 2 unspecified atom stereocenters. The van der Waals surface area contributed by atoms with Crippen molar-refractivity contribution in [2.24, 2.45) is 11.8 Å². The van der Waals surface area contributed by atoms with Crippen LogP contribution >= 0.6 is 0 Å². The van der Waals surface area contributed by atoms with Gasteiger partial charge in [-0.1, -0.05) is 57.1 Å². The van der Waals surface area contributed by atoms with Crippen LogP contribution in [0.25, 0.3) is 0 Å². The smallest absolute Gasteiger partial charge is 0.146 e. The maximum Gasteiger partial charge on any atom is 0.146 e. The highest BCUT2D eigenvalue weighted by Gasteiger charge is 2.32. The van der Waals surface area contributed by atoms with Gasteiger partial charge < -0.3 is 5.32 Å². The molecule has 0 aromatic heterocycles. The first-order valence-corrected chi connectivity index (χ1v) is 8.77. The maximum atomic E-state index is 14.1. The minimum absolute atomic E-state index is 0.0945. The van der Waals surface area contributed by atoms with Gasteiger partial charge in [0.25, 0.3) is 0 Å². The van der Waals surface area contributed by atoms with E-state index in [1.165, 1.54) is 57.8 Å². The minimum Gasteiger partial charge on any atom is -0.379 e.